The van der Waals surface area contributed by atoms with Crippen molar-refractivity contribution >= 4 is 75.8 Å². The van der Waals surface area contributed by atoms with E-state index in [0.717, 1.165) is 27.4 Å². The van der Waals surface area contributed by atoms with Crippen LogP contribution in [0.25, 0.3) is 21.8 Å². The van der Waals surface area contributed by atoms with E-state index >= 15 is 0 Å². The Morgan fingerprint density at radius 1 is 0.783 bits per heavy atom. The number of carbonyl (C=O) groups excluding carboxylic acids is 6. The second-order valence-electron chi connectivity index (χ2n) is 15.3. The fourth-order valence-corrected chi connectivity index (χ4v) is 7.50. The first-order valence-electron chi connectivity index (χ1n) is 19.8. The zero-order valence-electron chi connectivity index (χ0n) is 33.6. The summed E-state index contributed by atoms with van der Waals surface area (Å²) in [5, 5.41) is 34.7. The molecule has 0 aliphatic carbocycles. The molecule has 1 fully saturated rings. The van der Waals surface area contributed by atoms with Crippen LogP contribution in [0.4, 0.5) is 0 Å². The normalized spacial score (nSPS) is 17.0. The number of benzene rings is 2. The van der Waals surface area contributed by atoms with E-state index < -0.39 is 96.2 Å². The third-order valence-electron chi connectivity index (χ3n) is 10.6. The predicted molar refractivity (Wildman–Crippen MR) is 225 cm³/mol. The van der Waals surface area contributed by atoms with Gasteiger partial charge >= 0.3 is 5.97 Å². The summed E-state index contributed by atoms with van der Waals surface area (Å²) in [6.07, 6.45) is 2.89. The number of hydrogen-bond acceptors (Lipinski definition) is 10. The van der Waals surface area contributed by atoms with Gasteiger partial charge in [-0.25, -0.2) is 4.79 Å². The Bertz CT molecular complexity index is 2210. The Kier molecular flexibility index (Phi) is 15.3. The highest BCUT2D eigenvalue weighted by atomic mass is 32.1. The van der Waals surface area contributed by atoms with Crippen molar-refractivity contribution in [2.45, 2.75) is 88.8 Å². The molecule has 4 aromatic rings. The number of aromatic amines is 2. The van der Waals surface area contributed by atoms with Crippen LogP contribution in [0.15, 0.2) is 60.9 Å². The molecule has 18 nitrogen and oxygen atoms in total. The van der Waals surface area contributed by atoms with E-state index in [9.17, 15) is 43.8 Å². The first-order chi connectivity index (χ1) is 28.6. The SMILES string of the molecule is CC(C)[C@H](NC(=O)[C@H](Cc1c[nH]c2ccccc12)NC(=O)[C@@H](NC(=O)[C@H](CS)NC(=O)[C@@H]1CCCN1C(=O)CNC(=O)[C@@H](N)Cc1c[nH]c2ccccc12)[C@@H](C)O)C(=O)O. The molecule has 322 valence electrons. The van der Waals surface area contributed by atoms with Gasteiger partial charge in [0.15, 0.2) is 0 Å². The van der Waals surface area contributed by atoms with Crippen LogP contribution in [-0.2, 0) is 46.4 Å². The zero-order valence-corrected chi connectivity index (χ0v) is 34.5. The summed E-state index contributed by atoms with van der Waals surface area (Å²) < 4.78 is 0. The summed E-state index contributed by atoms with van der Waals surface area (Å²) in [5.41, 5.74) is 9.34. The lowest BCUT2D eigenvalue weighted by molar-refractivity contribution is -0.143. The standard InChI is InChI=1S/C41H53N9O9S/c1-21(2)34(41(58)59)48-37(54)30(16-24-18-44-29-12-7-5-10-26(24)29)46-40(57)35(22(3)51)49-38(55)31(20-60)47-39(56)32-13-8-14-50(32)33(52)19-45-36(53)27(42)15-23-17-43-28-11-6-4-9-25(23)28/h4-7,9-12,17-18,21-22,27,30-32,34-35,43-44,51,60H,8,13-16,19-20,42H2,1-3H3,(H,45,53)(H,46,57)(H,47,56)(H,48,54)(H,49,55)(H,58,59)/t22-,27+,30+,31+,32+,34+,35+/m1/s1. The number of carboxylic acid groups (broad SMARTS) is 1. The van der Waals surface area contributed by atoms with Gasteiger partial charge in [-0.3, -0.25) is 28.8 Å². The number of fused-ring (bicyclic) bond motifs is 2. The molecule has 5 rings (SSSR count). The van der Waals surface area contributed by atoms with Gasteiger partial charge in [0.2, 0.25) is 35.4 Å². The molecule has 2 aromatic heterocycles. The predicted octanol–water partition coefficient (Wildman–Crippen LogP) is -0.141. The van der Waals surface area contributed by atoms with E-state index in [-0.39, 0.29) is 31.6 Å². The average Bonchev–Trinajstić information content (AvgIpc) is 3.98. The number of aliphatic carboxylic acids is 1. The number of H-pyrrole nitrogens is 2. The summed E-state index contributed by atoms with van der Waals surface area (Å²) in [5.74, 6) is -6.33. The molecule has 0 spiro atoms. The molecule has 0 bridgehead atoms. The number of para-hydroxylation sites is 2. The zero-order chi connectivity index (χ0) is 43.7. The molecule has 11 N–H and O–H groups in total. The van der Waals surface area contributed by atoms with E-state index in [2.05, 4.69) is 49.2 Å². The van der Waals surface area contributed by atoms with Gasteiger partial charge in [0.1, 0.15) is 30.2 Å². The Morgan fingerprint density at radius 2 is 1.35 bits per heavy atom. The smallest absolute Gasteiger partial charge is 0.326 e. The number of likely N-dealkylation sites (tertiary alicyclic amines) is 1. The first kappa shape index (κ1) is 45.2. The summed E-state index contributed by atoms with van der Waals surface area (Å²) in [4.78, 5) is 100.0. The van der Waals surface area contributed by atoms with Crippen molar-refractivity contribution < 1.29 is 43.8 Å². The van der Waals surface area contributed by atoms with Gasteiger partial charge in [-0.15, -0.1) is 0 Å². The number of nitrogens with zero attached hydrogens (tertiary/aromatic N) is 1. The van der Waals surface area contributed by atoms with Crippen molar-refractivity contribution in [2.75, 3.05) is 18.8 Å². The van der Waals surface area contributed by atoms with Crippen LogP contribution in [0.5, 0.6) is 0 Å². The Hall–Kier alpha value is -5.92. The quantitative estimate of drug-likeness (QED) is 0.0556. The molecule has 0 unspecified atom stereocenters. The first-order valence-corrected chi connectivity index (χ1v) is 20.4. The van der Waals surface area contributed by atoms with Gasteiger partial charge in [0.25, 0.3) is 0 Å². The van der Waals surface area contributed by atoms with Crippen LogP contribution in [0.1, 0.15) is 44.7 Å². The van der Waals surface area contributed by atoms with E-state index in [1.165, 1.54) is 11.8 Å². The van der Waals surface area contributed by atoms with E-state index in [0.29, 0.717) is 12.0 Å². The lowest BCUT2D eigenvalue weighted by Gasteiger charge is -2.28. The topological polar surface area (TPSA) is 281 Å². The lowest BCUT2D eigenvalue weighted by atomic mass is 10.0. The summed E-state index contributed by atoms with van der Waals surface area (Å²) in [7, 11) is 0. The molecule has 2 aromatic carbocycles. The van der Waals surface area contributed by atoms with Crippen LogP contribution in [0, 0.1) is 5.92 Å². The minimum absolute atomic E-state index is 0.0695. The lowest BCUT2D eigenvalue weighted by Crippen LogP contribution is -2.61. The van der Waals surface area contributed by atoms with Gasteiger partial charge in [0, 0.05) is 52.9 Å². The average molecular weight is 848 g/mol. The summed E-state index contributed by atoms with van der Waals surface area (Å²) in [6.45, 7) is 4.32. The highest BCUT2D eigenvalue weighted by Gasteiger charge is 2.38. The number of thiol groups is 1. The Morgan fingerprint density at radius 3 is 1.92 bits per heavy atom. The third kappa shape index (κ3) is 11.0. The van der Waals surface area contributed by atoms with Crippen LogP contribution in [0.3, 0.4) is 0 Å². The van der Waals surface area contributed by atoms with Gasteiger partial charge < -0.3 is 57.4 Å². The second-order valence-corrected chi connectivity index (χ2v) is 15.7. The van der Waals surface area contributed by atoms with Crippen LogP contribution >= 0.6 is 12.6 Å². The number of amides is 6. The van der Waals surface area contributed by atoms with Crippen molar-refractivity contribution in [1.82, 2.24) is 41.5 Å². The molecule has 6 amide bonds. The maximum Gasteiger partial charge on any atom is 0.326 e. The summed E-state index contributed by atoms with van der Waals surface area (Å²) in [6, 6.07) is 7.42. The maximum absolute atomic E-state index is 13.7. The molecule has 1 saturated heterocycles. The monoisotopic (exact) mass is 847 g/mol. The fourth-order valence-electron chi connectivity index (χ4n) is 7.24. The van der Waals surface area contributed by atoms with Crippen LogP contribution in [-0.4, -0.2) is 128 Å². The molecular weight excluding hydrogens is 795 g/mol. The molecule has 19 heteroatoms. The van der Waals surface area contributed by atoms with Crippen LogP contribution in [0.2, 0.25) is 0 Å². The van der Waals surface area contributed by atoms with Crippen molar-refractivity contribution in [1.29, 1.82) is 0 Å². The summed E-state index contributed by atoms with van der Waals surface area (Å²) >= 11 is 4.23. The van der Waals surface area contributed by atoms with Crippen LogP contribution < -0.4 is 32.3 Å². The molecule has 1 aliphatic heterocycles. The number of carbonyl (C=O) groups is 7. The molecule has 60 heavy (non-hydrogen) atoms. The number of aliphatic hydroxyl groups is 1. The number of aliphatic hydroxyl groups excluding tert-OH is 1. The van der Waals surface area contributed by atoms with Gasteiger partial charge in [0.05, 0.1) is 18.7 Å². The van der Waals surface area contributed by atoms with Crippen molar-refractivity contribution in [3.05, 3.63) is 72.1 Å². The second kappa shape index (κ2) is 20.4. The molecule has 1 aliphatic rings. The number of hydrogen-bond donors (Lipinski definition) is 11. The molecular formula is C41H53N9O9S. The highest BCUT2D eigenvalue weighted by molar-refractivity contribution is 7.80. The van der Waals surface area contributed by atoms with Crippen molar-refractivity contribution in [2.24, 2.45) is 11.7 Å². The molecule has 7 atom stereocenters. The number of aromatic nitrogens is 2. The van der Waals surface area contributed by atoms with Gasteiger partial charge in [-0.1, -0.05) is 50.2 Å². The molecule has 3 heterocycles. The Balaban J connectivity index is 1.19. The van der Waals surface area contributed by atoms with E-state index in [1.54, 1.807) is 32.3 Å². The number of rotatable bonds is 19. The molecule has 0 radical (unpaired) electrons. The van der Waals surface area contributed by atoms with Crippen molar-refractivity contribution in [3.8, 4) is 0 Å². The molecule has 0 saturated carbocycles. The minimum atomic E-state index is -1.62. The van der Waals surface area contributed by atoms with Gasteiger partial charge in [-0.05, 0) is 55.4 Å². The number of nitrogens with one attached hydrogen (secondary N) is 7. The number of carboxylic acids is 1. The minimum Gasteiger partial charge on any atom is -0.480 e. The van der Waals surface area contributed by atoms with E-state index in [4.69, 9.17) is 5.73 Å². The van der Waals surface area contributed by atoms with E-state index in [1.807, 2.05) is 42.5 Å². The fraction of sp³-hybridized carbons (Fsp3) is 0.439. The highest BCUT2D eigenvalue weighted by Crippen LogP contribution is 2.21. The largest absolute Gasteiger partial charge is 0.480 e. The Labute approximate surface area is 351 Å². The van der Waals surface area contributed by atoms with Crippen molar-refractivity contribution in [3.63, 3.8) is 0 Å². The third-order valence-corrected chi connectivity index (χ3v) is 10.9. The maximum atomic E-state index is 13.7. The van der Waals surface area contributed by atoms with Gasteiger partial charge in [-0.2, -0.15) is 12.6 Å². The number of nitrogens with two attached hydrogens (primary N) is 1.